The topological polar surface area (TPSA) is 55.1 Å². The zero-order valence-electron chi connectivity index (χ0n) is 9.64. The fourth-order valence-electron chi connectivity index (χ4n) is 1.49. The maximum Gasteiger partial charge on any atom is 0.251 e. The molecule has 17 heavy (non-hydrogen) atoms. The summed E-state index contributed by atoms with van der Waals surface area (Å²) in [6.07, 6.45) is 2.28. The SMILES string of the molecule is Cc1cnc(CCNC(=O)c2ccccc2)o1. The van der Waals surface area contributed by atoms with Crippen molar-refractivity contribution in [3.8, 4) is 0 Å². The summed E-state index contributed by atoms with van der Waals surface area (Å²) in [5.74, 6) is 1.36. The van der Waals surface area contributed by atoms with E-state index in [1.54, 1.807) is 18.3 Å². The van der Waals surface area contributed by atoms with Gasteiger partial charge in [-0.2, -0.15) is 0 Å². The van der Waals surface area contributed by atoms with Crippen LogP contribution in [0.2, 0.25) is 0 Å². The van der Waals surface area contributed by atoms with Crippen molar-refractivity contribution in [1.82, 2.24) is 10.3 Å². The summed E-state index contributed by atoms with van der Waals surface area (Å²) >= 11 is 0. The van der Waals surface area contributed by atoms with Crippen LogP contribution in [0.25, 0.3) is 0 Å². The Morgan fingerprint density at radius 1 is 1.35 bits per heavy atom. The number of hydrogen-bond donors (Lipinski definition) is 1. The minimum absolute atomic E-state index is 0.0751. The third-order valence-electron chi connectivity index (χ3n) is 2.33. The van der Waals surface area contributed by atoms with Crippen molar-refractivity contribution < 1.29 is 9.21 Å². The van der Waals surface area contributed by atoms with E-state index in [4.69, 9.17) is 4.42 Å². The van der Waals surface area contributed by atoms with Crippen LogP contribution >= 0.6 is 0 Å². The molecule has 0 bridgehead atoms. The molecule has 1 amide bonds. The van der Waals surface area contributed by atoms with Crippen LogP contribution in [-0.2, 0) is 6.42 Å². The van der Waals surface area contributed by atoms with Crippen LogP contribution in [0.15, 0.2) is 40.9 Å². The van der Waals surface area contributed by atoms with Gasteiger partial charge in [-0.25, -0.2) is 4.98 Å². The van der Waals surface area contributed by atoms with Gasteiger partial charge >= 0.3 is 0 Å². The van der Waals surface area contributed by atoms with E-state index in [1.165, 1.54) is 0 Å². The Morgan fingerprint density at radius 3 is 2.76 bits per heavy atom. The summed E-state index contributed by atoms with van der Waals surface area (Å²) < 4.78 is 5.31. The molecule has 0 atom stereocenters. The highest BCUT2D eigenvalue weighted by Crippen LogP contribution is 2.02. The van der Waals surface area contributed by atoms with Gasteiger partial charge in [0.05, 0.1) is 6.20 Å². The van der Waals surface area contributed by atoms with Crippen molar-refractivity contribution >= 4 is 5.91 Å². The molecular weight excluding hydrogens is 216 g/mol. The lowest BCUT2D eigenvalue weighted by atomic mass is 10.2. The number of benzene rings is 1. The normalized spacial score (nSPS) is 10.2. The molecular formula is C13H14N2O2. The van der Waals surface area contributed by atoms with Crippen molar-refractivity contribution in [2.45, 2.75) is 13.3 Å². The van der Waals surface area contributed by atoms with Crippen molar-refractivity contribution in [2.75, 3.05) is 6.54 Å². The number of nitrogens with one attached hydrogen (secondary N) is 1. The molecule has 1 aromatic carbocycles. The fraction of sp³-hybridized carbons (Fsp3) is 0.231. The molecule has 0 fully saturated rings. The minimum Gasteiger partial charge on any atom is -0.446 e. The predicted molar refractivity (Wildman–Crippen MR) is 63.7 cm³/mol. The van der Waals surface area contributed by atoms with Crippen LogP contribution in [0.5, 0.6) is 0 Å². The fourth-order valence-corrected chi connectivity index (χ4v) is 1.49. The molecule has 1 N–H and O–H groups in total. The summed E-state index contributed by atoms with van der Waals surface area (Å²) in [6.45, 7) is 2.37. The van der Waals surface area contributed by atoms with Gasteiger partial charge < -0.3 is 9.73 Å². The number of hydrogen-bond acceptors (Lipinski definition) is 3. The number of aromatic nitrogens is 1. The first-order valence-corrected chi connectivity index (χ1v) is 5.50. The molecule has 4 heteroatoms. The number of carbonyl (C=O) groups excluding carboxylic acids is 1. The van der Waals surface area contributed by atoms with Gasteiger partial charge in [-0.3, -0.25) is 4.79 Å². The second-order valence-corrected chi connectivity index (χ2v) is 3.74. The Morgan fingerprint density at radius 2 is 2.12 bits per heavy atom. The summed E-state index contributed by atoms with van der Waals surface area (Å²) in [5.41, 5.74) is 0.663. The molecule has 0 aliphatic rings. The Kier molecular flexibility index (Phi) is 3.55. The first-order valence-electron chi connectivity index (χ1n) is 5.50. The summed E-state index contributed by atoms with van der Waals surface area (Å²) in [6, 6.07) is 9.13. The van der Waals surface area contributed by atoms with E-state index in [1.807, 2.05) is 25.1 Å². The molecule has 0 aliphatic carbocycles. The molecule has 0 spiro atoms. The quantitative estimate of drug-likeness (QED) is 0.873. The minimum atomic E-state index is -0.0751. The molecule has 0 unspecified atom stereocenters. The highest BCUT2D eigenvalue weighted by atomic mass is 16.4. The molecule has 0 saturated carbocycles. The van der Waals surface area contributed by atoms with Gasteiger partial charge in [-0.15, -0.1) is 0 Å². The lowest BCUT2D eigenvalue weighted by Crippen LogP contribution is -2.25. The first-order chi connectivity index (χ1) is 8.25. The molecule has 1 heterocycles. The molecule has 88 valence electrons. The van der Waals surface area contributed by atoms with E-state index < -0.39 is 0 Å². The number of carbonyl (C=O) groups is 1. The number of nitrogens with zero attached hydrogens (tertiary/aromatic N) is 1. The van der Waals surface area contributed by atoms with E-state index in [9.17, 15) is 4.79 Å². The average Bonchev–Trinajstić information content (AvgIpc) is 2.76. The van der Waals surface area contributed by atoms with Crippen LogP contribution in [0.3, 0.4) is 0 Å². The van der Waals surface area contributed by atoms with Crippen molar-refractivity contribution in [2.24, 2.45) is 0 Å². The molecule has 4 nitrogen and oxygen atoms in total. The van der Waals surface area contributed by atoms with Crippen LogP contribution in [0.4, 0.5) is 0 Å². The van der Waals surface area contributed by atoms with Crippen LogP contribution in [-0.4, -0.2) is 17.4 Å². The van der Waals surface area contributed by atoms with Gasteiger partial charge in [0.25, 0.3) is 5.91 Å². The van der Waals surface area contributed by atoms with Gasteiger partial charge in [0.15, 0.2) is 5.89 Å². The first kappa shape index (κ1) is 11.4. The molecule has 2 aromatic rings. The lowest BCUT2D eigenvalue weighted by molar-refractivity contribution is 0.0953. The van der Waals surface area contributed by atoms with Crippen molar-refractivity contribution in [3.05, 3.63) is 53.7 Å². The van der Waals surface area contributed by atoms with E-state index in [-0.39, 0.29) is 5.91 Å². The van der Waals surface area contributed by atoms with Gasteiger partial charge in [-0.05, 0) is 19.1 Å². The smallest absolute Gasteiger partial charge is 0.251 e. The molecule has 0 radical (unpaired) electrons. The van der Waals surface area contributed by atoms with Crippen molar-refractivity contribution in [3.63, 3.8) is 0 Å². The zero-order chi connectivity index (χ0) is 12.1. The standard InChI is InChI=1S/C13H14N2O2/c1-10-9-15-12(17-10)7-8-14-13(16)11-5-3-2-4-6-11/h2-6,9H,7-8H2,1H3,(H,14,16). The number of aryl methyl sites for hydroxylation is 1. The summed E-state index contributed by atoms with van der Waals surface area (Å²) in [5, 5.41) is 2.82. The van der Waals surface area contributed by atoms with E-state index in [0.717, 1.165) is 5.76 Å². The van der Waals surface area contributed by atoms with Gasteiger partial charge in [-0.1, -0.05) is 18.2 Å². The van der Waals surface area contributed by atoms with Crippen LogP contribution < -0.4 is 5.32 Å². The van der Waals surface area contributed by atoms with Gasteiger partial charge in [0, 0.05) is 18.5 Å². The van der Waals surface area contributed by atoms with Crippen LogP contribution in [0, 0.1) is 6.92 Å². The van der Waals surface area contributed by atoms with E-state index >= 15 is 0 Å². The average molecular weight is 230 g/mol. The number of oxazole rings is 1. The lowest BCUT2D eigenvalue weighted by Gasteiger charge is -2.02. The second-order valence-electron chi connectivity index (χ2n) is 3.74. The van der Waals surface area contributed by atoms with E-state index in [2.05, 4.69) is 10.3 Å². The second kappa shape index (κ2) is 5.30. The molecule has 1 aromatic heterocycles. The molecule has 0 saturated heterocycles. The Labute approximate surface area is 99.7 Å². The number of rotatable bonds is 4. The Balaban J connectivity index is 1.81. The summed E-state index contributed by atoms with van der Waals surface area (Å²) in [4.78, 5) is 15.7. The highest BCUT2D eigenvalue weighted by molar-refractivity contribution is 5.94. The largest absolute Gasteiger partial charge is 0.446 e. The predicted octanol–water partition coefficient (Wildman–Crippen LogP) is 1.96. The van der Waals surface area contributed by atoms with Crippen molar-refractivity contribution in [1.29, 1.82) is 0 Å². The van der Waals surface area contributed by atoms with Gasteiger partial charge in [0.1, 0.15) is 5.76 Å². The highest BCUT2D eigenvalue weighted by Gasteiger charge is 2.05. The summed E-state index contributed by atoms with van der Waals surface area (Å²) in [7, 11) is 0. The monoisotopic (exact) mass is 230 g/mol. The molecule has 2 rings (SSSR count). The molecule has 0 aliphatic heterocycles. The third-order valence-corrected chi connectivity index (χ3v) is 2.33. The maximum atomic E-state index is 11.7. The van der Waals surface area contributed by atoms with E-state index in [0.29, 0.717) is 24.4 Å². The number of amides is 1. The van der Waals surface area contributed by atoms with Crippen LogP contribution in [0.1, 0.15) is 22.0 Å². The maximum absolute atomic E-state index is 11.7. The Bertz CT molecular complexity index is 491. The Hall–Kier alpha value is -2.10. The van der Waals surface area contributed by atoms with Gasteiger partial charge in [0.2, 0.25) is 0 Å². The zero-order valence-corrected chi connectivity index (χ0v) is 9.64. The third kappa shape index (κ3) is 3.17.